The van der Waals surface area contributed by atoms with Gasteiger partial charge in [-0.05, 0) is 121 Å². The minimum Gasteiger partial charge on any atom is -0.493 e. The fraction of sp³-hybridized carbons (Fsp3) is 0.611. The molecule has 43 heavy (non-hydrogen) atoms. The van der Waals surface area contributed by atoms with Gasteiger partial charge < -0.3 is 20.3 Å². The minimum atomic E-state index is 0. The van der Waals surface area contributed by atoms with E-state index in [1.807, 2.05) is 32.0 Å². The summed E-state index contributed by atoms with van der Waals surface area (Å²) in [6, 6.07) is 16.3. The molecule has 2 saturated carbocycles. The normalized spacial score (nSPS) is 19.6. The first-order valence-corrected chi connectivity index (χ1v) is 17.4. The van der Waals surface area contributed by atoms with Crippen LogP contribution in [0, 0.1) is 31.1 Å². The van der Waals surface area contributed by atoms with Gasteiger partial charge in [-0.25, -0.2) is 4.98 Å². The first-order chi connectivity index (χ1) is 20.9. The van der Waals surface area contributed by atoms with Crippen molar-refractivity contribution in [3.8, 4) is 11.8 Å². The Morgan fingerprint density at radius 3 is 2.63 bits per heavy atom. The van der Waals surface area contributed by atoms with Crippen molar-refractivity contribution in [3.05, 3.63) is 52.5 Å². The lowest BCUT2D eigenvalue weighted by atomic mass is 9.89. The van der Waals surface area contributed by atoms with E-state index in [0.717, 1.165) is 58.7 Å². The molecule has 3 aromatic rings. The molecular weight excluding hydrogens is 550 g/mol. The van der Waals surface area contributed by atoms with Crippen LogP contribution in [0.3, 0.4) is 0 Å². The summed E-state index contributed by atoms with van der Waals surface area (Å²) in [5, 5.41) is 17.7. The van der Waals surface area contributed by atoms with Gasteiger partial charge in [-0.15, -0.1) is 11.3 Å². The van der Waals surface area contributed by atoms with Crippen molar-refractivity contribution in [3.63, 3.8) is 0 Å². The Morgan fingerprint density at radius 1 is 1.09 bits per heavy atom. The van der Waals surface area contributed by atoms with Crippen molar-refractivity contribution in [1.82, 2.24) is 15.2 Å². The third-order valence-electron chi connectivity index (χ3n) is 9.23. The average Bonchev–Trinajstić information content (AvgIpc) is 3.68. The molecule has 2 fully saturated rings. The van der Waals surface area contributed by atoms with Crippen molar-refractivity contribution in [1.29, 1.82) is 5.26 Å². The van der Waals surface area contributed by atoms with Gasteiger partial charge in [0, 0.05) is 28.1 Å². The van der Waals surface area contributed by atoms with Crippen LogP contribution in [0.5, 0.6) is 5.75 Å². The molecule has 0 amide bonds. The first-order valence-electron chi connectivity index (χ1n) is 16.6. The number of hydrogen-bond acceptors (Lipinski definition) is 7. The van der Waals surface area contributed by atoms with E-state index in [2.05, 4.69) is 65.7 Å². The molecular formula is C36H59N5OS. The van der Waals surface area contributed by atoms with Crippen molar-refractivity contribution >= 4 is 27.2 Å². The smallest absolute Gasteiger partial charge is 0.120 e. The number of rotatable bonds is 12. The number of ether oxygens (including phenoxy) is 1. The molecule has 240 valence electrons. The van der Waals surface area contributed by atoms with Gasteiger partial charge in [-0.3, -0.25) is 0 Å². The van der Waals surface area contributed by atoms with Crippen LogP contribution in [0.25, 0.3) is 10.2 Å². The molecule has 2 N–H and O–H groups in total. The number of aromatic nitrogens is 1. The highest BCUT2D eigenvalue weighted by Crippen LogP contribution is 2.29. The number of thiazole rings is 1. The van der Waals surface area contributed by atoms with Crippen LogP contribution < -0.4 is 15.4 Å². The molecule has 6 nitrogen and oxygen atoms in total. The van der Waals surface area contributed by atoms with E-state index in [4.69, 9.17) is 4.74 Å². The van der Waals surface area contributed by atoms with Crippen LogP contribution in [0.2, 0.25) is 0 Å². The highest BCUT2D eigenvalue weighted by molar-refractivity contribution is 7.18. The molecule has 1 heterocycles. The quantitative estimate of drug-likeness (QED) is 0.199. The largest absolute Gasteiger partial charge is 0.493 e. The minimum absolute atomic E-state index is 0. The van der Waals surface area contributed by atoms with Crippen molar-refractivity contribution in [2.24, 2.45) is 5.92 Å². The number of hydrogen-bond donors (Lipinski definition) is 2. The summed E-state index contributed by atoms with van der Waals surface area (Å²) in [5.74, 6) is 1.77. The van der Waals surface area contributed by atoms with Crippen LogP contribution in [-0.2, 0) is 0 Å². The number of fused-ring (bicyclic) bond motifs is 1. The summed E-state index contributed by atoms with van der Waals surface area (Å²) in [4.78, 5) is 6.99. The molecule has 1 aromatic heterocycles. The second kappa shape index (κ2) is 17.0. The molecule has 0 spiro atoms. The molecule has 2 aromatic carbocycles. The predicted octanol–water partition coefficient (Wildman–Crippen LogP) is 9.21. The molecule has 1 unspecified atom stereocenters. The van der Waals surface area contributed by atoms with E-state index in [9.17, 15) is 5.26 Å². The number of benzene rings is 2. The van der Waals surface area contributed by atoms with Crippen LogP contribution in [0.15, 0.2) is 36.4 Å². The van der Waals surface area contributed by atoms with Gasteiger partial charge in [-0.1, -0.05) is 38.7 Å². The second-order valence-electron chi connectivity index (χ2n) is 12.7. The van der Waals surface area contributed by atoms with Gasteiger partial charge in [0.2, 0.25) is 0 Å². The monoisotopic (exact) mass is 609 g/mol. The Bertz CT molecular complexity index is 1330. The van der Waals surface area contributed by atoms with Crippen molar-refractivity contribution < 1.29 is 9.02 Å². The lowest BCUT2D eigenvalue weighted by Gasteiger charge is -2.39. The molecule has 2 aliphatic rings. The zero-order chi connectivity index (χ0) is 30.6. The summed E-state index contributed by atoms with van der Waals surface area (Å²) < 4.78 is 7.11. The Balaban J connectivity index is 0.000000461. The average molecular weight is 610 g/mol. The molecule has 2 aliphatic carbocycles. The number of nitrogens with zero attached hydrogens (tertiary/aromatic N) is 3. The van der Waals surface area contributed by atoms with E-state index < -0.39 is 0 Å². The number of anilines is 1. The fourth-order valence-electron chi connectivity index (χ4n) is 6.34. The zero-order valence-electron chi connectivity index (χ0n) is 27.1. The van der Waals surface area contributed by atoms with Gasteiger partial charge in [-0.2, -0.15) is 5.26 Å². The Morgan fingerprint density at radius 2 is 1.86 bits per heavy atom. The second-order valence-corrected chi connectivity index (χ2v) is 13.9. The maximum atomic E-state index is 9.27. The van der Waals surface area contributed by atoms with Gasteiger partial charge in [0.15, 0.2) is 0 Å². The summed E-state index contributed by atoms with van der Waals surface area (Å²) in [6.07, 6.45) is 12.9. The van der Waals surface area contributed by atoms with Crippen LogP contribution >= 0.6 is 11.3 Å². The Labute approximate surface area is 268 Å². The van der Waals surface area contributed by atoms with Crippen LogP contribution in [0.1, 0.15) is 98.5 Å². The summed E-state index contributed by atoms with van der Waals surface area (Å²) in [6.45, 7) is 11.6. The van der Waals surface area contributed by atoms with Crippen molar-refractivity contribution in [2.45, 2.75) is 110 Å². The van der Waals surface area contributed by atoms with Crippen LogP contribution in [-0.4, -0.2) is 54.8 Å². The van der Waals surface area contributed by atoms with E-state index in [1.54, 1.807) is 11.3 Å². The lowest BCUT2D eigenvalue weighted by Crippen LogP contribution is -2.47. The van der Waals surface area contributed by atoms with Gasteiger partial charge in [0.25, 0.3) is 0 Å². The molecule has 5 rings (SSSR count). The maximum absolute atomic E-state index is 9.27. The van der Waals surface area contributed by atoms with Crippen LogP contribution in [0.4, 0.5) is 5.69 Å². The third-order valence-corrected chi connectivity index (χ3v) is 10.2. The molecule has 0 aliphatic heterocycles. The molecule has 0 radical (unpaired) electrons. The maximum Gasteiger partial charge on any atom is 0.120 e. The summed E-state index contributed by atoms with van der Waals surface area (Å²) >= 11 is 1.73. The zero-order valence-corrected chi connectivity index (χ0v) is 27.9. The summed E-state index contributed by atoms with van der Waals surface area (Å²) in [5.41, 5.74) is 3.98. The van der Waals surface area contributed by atoms with E-state index >= 15 is 0 Å². The molecule has 3 atom stereocenters. The highest BCUT2D eigenvalue weighted by atomic mass is 32.1. The highest BCUT2D eigenvalue weighted by Gasteiger charge is 2.28. The topological polar surface area (TPSA) is 73.2 Å². The number of aryl methyl sites for hydroxylation is 2. The third kappa shape index (κ3) is 10.2. The molecule has 0 bridgehead atoms. The number of nitriles is 1. The van der Waals surface area contributed by atoms with Gasteiger partial charge in [0.05, 0.1) is 33.5 Å². The van der Waals surface area contributed by atoms with E-state index in [0.29, 0.717) is 18.1 Å². The standard InChI is InChI=1S/C22H36N4.C14H17NOS.3H2/c1-5-18(3)24-13-8-14-26(4)22-10-7-6-9-21(22)25-20-12-11-17(2)19(15-20)16-23;1-10-15-13-7-6-12(8-14(13)17-10)16-9-11-4-2-3-5-11;;;/h11-12,15,18,21-22,24-25H,5-10,13-14H2,1-4H3;6-8,11H,2-5,9H2,1H3;3*1H/t18?,21-,22-;;;;/m0..../s1. The van der Waals surface area contributed by atoms with Gasteiger partial charge >= 0.3 is 0 Å². The van der Waals surface area contributed by atoms with E-state index in [-0.39, 0.29) is 4.28 Å². The van der Waals surface area contributed by atoms with Crippen molar-refractivity contribution in [2.75, 3.05) is 32.1 Å². The predicted molar refractivity (Wildman–Crippen MR) is 189 cm³/mol. The lowest BCUT2D eigenvalue weighted by molar-refractivity contribution is 0.175. The molecule has 0 saturated heterocycles. The Hall–Kier alpha value is -2.66. The van der Waals surface area contributed by atoms with E-state index in [1.165, 1.54) is 68.9 Å². The van der Waals surface area contributed by atoms with Gasteiger partial charge in [0.1, 0.15) is 5.75 Å². The first kappa shape index (κ1) is 33.2. The fourth-order valence-corrected chi connectivity index (χ4v) is 7.20. The number of nitrogens with one attached hydrogen (secondary N) is 2. The molecule has 7 heteroatoms. The Kier molecular flexibility index (Phi) is 13.1. The SMILES string of the molecule is CCC(C)NCCCN(C)[C@H]1CCCC[C@@H]1Nc1ccc(C)c(C#N)c1.Cc1nc2ccc(OCC3CCCC3)cc2s1.[HH].[HH].[HH]. The number of likely N-dealkylation sites (N-methyl/N-ethyl adjacent to an activating group) is 1. The summed E-state index contributed by atoms with van der Waals surface area (Å²) in [7, 11) is 2.27.